The molecule has 0 bridgehead atoms. The van der Waals surface area contributed by atoms with Crippen LogP contribution in [-0.4, -0.2) is 27.1 Å². The van der Waals surface area contributed by atoms with E-state index in [2.05, 4.69) is 4.98 Å². The Morgan fingerprint density at radius 1 is 1.13 bits per heavy atom. The molecule has 6 nitrogen and oxygen atoms in total. The molecule has 116 valence electrons. The Morgan fingerprint density at radius 3 is 2.74 bits per heavy atom. The molecule has 0 spiro atoms. The summed E-state index contributed by atoms with van der Waals surface area (Å²) in [6.45, 7) is 2.12. The van der Waals surface area contributed by atoms with E-state index >= 15 is 0 Å². The molecule has 0 saturated heterocycles. The summed E-state index contributed by atoms with van der Waals surface area (Å²) >= 11 is -1.30. The van der Waals surface area contributed by atoms with Gasteiger partial charge < -0.3 is 14.0 Å². The van der Waals surface area contributed by atoms with Gasteiger partial charge in [0.15, 0.2) is 16.4 Å². The quantitative estimate of drug-likeness (QED) is 0.782. The lowest BCUT2D eigenvalue weighted by Gasteiger charge is -2.22. The summed E-state index contributed by atoms with van der Waals surface area (Å²) in [7, 11) is 0. The number of pyridine rings is 1. The molecule has 0 aliphatic carbocycles. The first-order chi connectivity index (χ1) is 11.2. The van der Waals surface area contributed by atoms with E-state index < -0.39 is 11.4 Å². The lowest BCUT2D eigenvalue weighted by Crippen LogP contribution is -2.26. The summed E-state index contributed by atoms with van der Waals surface area (Å²) in [6.07, 6.45) is 1.69. The summed E-state index contributed by atoms with van der Waals surface area (Å²) in [4.78, 5) is 4.75. The summed E-state index contributed by atoms with van der Waals surface area (Å²) in [6, 6.07) is 9.15. The first kappa shape index (κ1) is 14.3. The summed E-state index contributed by atoms with van der Waals surface area (Å²) in [5.41, 5.74) is 2.40. The van der Waals surface area contributed by atoms with Crippen LogP contribution in [0.3, 0.4) is 0 Å². The number of ether oxygens (including phenoxy) is 2. The number of rotatable bonds is 2. The van der Waals surface area contributed by atoms with E-state index in [-0.39, 0.29) is 0 Å². The molecule has 3 heterocycles. The largest absolute Gasteiger partial charge is 0.593 e. The summed E-state index contributed by atoms with van der Waals surface area (Å²) in [5, 5.41) is 8.92. The highest BCUT2D eigenvalue weighted by Crippen LogP contribution is 2.35. The monoisotopic (exact) mass is 327 g/mol. The average molecular weight is 327 g/mol. The van der Waals surface area contributed by atoms with E-state index in [0.717, 1.165) is 11.1 Å². The predicted molar refractivity (Wildman–Crippen MR) is 82.0 cm³/mol. The van der Waals surface area contributed by atoms with Crippen molar-refractivity contribution in [1.82, 2.24) is 9.29 Å². The van der Waals surface area contributed by atoms with Crippen molar-refractivity contribution < 1.29 is 14.0 Å². The second-order valence-corrected chi connectivity index (χ2v) is 6.79. The highest BCUT2D eigenvalue weighted by Gasteiger charge is 2.31. The van der Waals surface area contributed by atoms with Crippen LogP contribution in [0.25, 0.3) is 0 Å². The zero-order valence-corrected chi connectivity index (χ0v) is 13.0. The zero-order chi connectivity index (χ0) is 15.8. The van der Waals surface area contributed by atoms with E-state index in [9.17, 15) is 4.55 Å². The van der Waals surface area contributed by atoms with Gasteiger partial charge in [-0.05, 0) is 29.3 Å². The molecule has 7 heteroatoms. The fraction of sp³-hybridized carbons (Fsp3) is 0.250. The van der Waals surface area contributed by atoms with Crippen LogP contribution < -0.4 is 9.47 Å². The van der Waals surface area contributed by atoms with Gasteiger partial charge in [0, 0.05) is 12.3 Å². The Hall–Kier alpha value is -2.27. The molecule has 2 aliphatic rings. The third-order valence-electron chi connectivity index (χ3n) is 3.84. The third kappa shape index (κ3) is 2.61. The van der Waals surface area contributed by atoms with Gasteiger partial charge in [0.25, 0.3) is 0 Å². The minimum atomic E-state index is -1.30. The molecule has 1 aromatic heterocycles. The van der Waals surface area contributed by atoms with Gasteiger partial charge in [-0.3, -0.25) is 0 Å². The smallest absolute Gasteiger partial charge is 0.178 e. The van der Waals surface area contributed by atoms with Gasteiger partial charge in [-0.25, -0.2) is 4.98 Å². The first-order valence-electron chi connectivity index (χ1n) is 7.19. The molecule has 0 saturated carbocycles. The maximum atomic E-state index is 12.8. The fourth-order valence-electron chi connectivity index (χ4n) is 2.71. The van der Waals surface area contributed by atoms with Crippen molar-refractivity contribution in [2.24, 2.45) is 0 Å². The molecule has 2 aromatic rings. The second kappa shape index (κ2) is 5.74. The Labute approximate surface area is 136 Å². The van der Waals surface area contributed by atoms with Crippen molar-refractivity contribution in [3.8, 4) is 17.6 Å². The highest BCUT2D eigenvalue weighted by molar-refractivity contribution is 7.89. The summed E-state index contributed by atoms with van der Waals surface area (Å²) < 4.78 is 25.7. The Morgan fingerprint density at radius 2 is 1.91 bits per heavy atom. The lowest BCUT2D eigenvalue weighted by atomic mass is 10.1. The van der Waals surface area contributed by atoms with Gasteiger partial charge in [-0.15, -0.1) is 4.31 Å². The van der Waals surface area contributed by atoms with Gasteiger partial charge in [0.2, 0.25) is 0 Å². The van der Waals surface area contributed by atoms with Gasteiger partial charge in [-0.1, -0.05) is 0 Å². The van der Waals surface area contributed by atoms with E-state index in [1.807, 2.05) is 10.4 Å². The highest BCUT2D eigenvalue weighted by atomic mass is 32.2. The maximum Gasteiger partial charge on any atom is 0.178 e. The number of nitrogens with zero attached hydrogens (tertiary/aromatic N) is 3. The molecular formula is C16H13N3O3S. The van der Waals surface area contributed by atoms with Gasteiger partial charge in [-0.2, -0.15) is 5.26 Å². The van der Waals surface area contributed by atoms with Crippen LogP contribution in [-0.2, 0) is 24.5 Å². The van der Waals surface area contributed by atoms with Gasteiger partial charge in [0.05, 0.1) is 24.5 Å². The van der Waals surface area contributed by atoms with Crippen LogP contribution in [0.15, 0.2) is 35.4 Å². The molecule has 0 amide bonds. The minimum absolute atomic E-state index is 0.385. The van der Waals surface area contributed by atoms with Crippen molar-refractivity contribution >= 4 is 11.4 Å². The van der Waals surface area contributed by atoms with E-state index in [1.54, 1.807) is 30.5 Å². The maximum absolute atomic E-state index is 12.8. The lowest BCUT2D eigenvalue weighted by molar-refractivity contribution is 0.171. The topological polar surface area (TPSA) is 81.4 Å². The van der Waals surface area contributed by atoms with Crippen LogP contribution in [0.2, 0.25) is 0 Å². The second-order valence-electron chi connectivity index (χ2n) is 5.30. The molecule has 0 radical (unpaired) electrons. The molecule has 0 fully saturated rings. The van der Waals surface area contributed by atoms with Crippen LogP contribution >= 0.6 is 0 Å². The van der Waals surface area contributed by atoms with Gasteiger partial charge >= 0.3 is 0 Å². The fourth-order valence-corrected chi connectivity index (χ4v) is 3.91. The number of fused-ring (bicyclic) bond motifs is 2. The summed E-state index contributed by atoms with van der Waals surface area (Å²) in [5.74, 6) is 1.32. The molecule has 1 unspecified atom stereocenters. The molecule has 4 rings (SSSR count). The molecule has 1 aromatic carbocycles. The van der Waals surface area contributed by atoms with E-state index in [4.69, 9.17) is 14.7 Å². The number of hydrogen-bond acceptors (Lipinski definition) is 6. The zero-order valence-electron chi connectivity index (χ0n) is 12.2. The van der Waals surface area contributed by atoms with Crippen molar-refractivity contribution in [3.05, 3.63) is 47.3 Å². The van der Waals surface area contributed by atoms with E-state index in [1.165, 1.54) is 0 Å². The van der Waals surface area contributed by atoms with Crippen molar-refractivity contribution in [2.75, 3.05) is 13.2 Å². The van der Waals surface area contributed by atoms with Crippen molar-refractivity contribution in [3.63, 3.8) is 0 Å². The Balaban J connectivity index is 1.56. The SMILES string of the molecule is N#Cc1cc2c(cn1)CN([S+]([O-])c1ccc3c(c1)OCCO3)C2. The van der Waals surface area contributed by atoms with Crippen LogP contribution in [0.4, 0.5) is 0 Å². The normalized spacial score (nSPS) is 17.4. The molecule has 1 atom stereocenters. The van der Waals surface area contributed by atoms with Crippen molar-refractivity contribution in [2.45, 2.75) is 18.0 Å². The van der Waals surface area contributed by atoms with Crippen LogP contribution in [0.5, 0.6) is 11.5 Å². The number of hydrogen-bond donors (Lipinski definition) is 0. The van der Waals surface area contributed by atoms with Crippen LogP contribution in [0.1, 0.15) is 16.8 Å². The Bertz CT molecular complexity index is 806. The molecule has 23 heavy (non-hydrogen) atoms. The van der Waals surface area contributed by atoms with Crippen LogP contribution in [0, 0.1) is 11.3 Å². The average Bonchev–Trinajstić information content (AvgIpc) is 3.03. The number of benzene rings is 1. The molecule has 0 N–H and O–H groups in total. The predicted octanol–water partition coefficient (Wildman–Crippen LogP) is 1.76. The Kier molecular flexibility index (Phi) is 3.58. The first-order valence-corrected chi connectivity index (χ1v) is 8.29. The molecule has 2 aliphatic heterocycles. The van der Waals surface area contributed by atoms with Crippen molar-refractivity contribution in [1.29, 1.82) is 5.26 Å². The molecular weight excluding hydrogens is 314 g/mol. The number of aromatic nitrogens is 1. The third-order valence-corrected chi connectivity index (χ3v) is 5.23. The minimum Gasteiger partial charge on any atom is -0.593 e. The van der Waals surface area contributed by atoms with E-state index in [0.29, 0.717) is 48.4 Å². The van der Waals surface area contributed by atoms with Gasteiger partial charge in [0.1, 0.15) is 25.0 Å². The number of nitriles is 1. The standard InChI is InChI=1S/C16H13N3O3S/c17-7-13-5-11-9-19(10-12(11)8-18-13)23(20)14-1-2-15-16(6-14)22-4-3-21-15/h1-2,5-6,8H,3-4,9-10H2.